The molecule has 0 aliphatic heterocycles. The molecular formula is C14H14BrN7S. The smallest absolute Gasteiger partial charge is 0.197 e. The normalized spacial score (nSPS) is 14.5. The second-order valence-corrected chi connectivity index (χ2v) is 7.12. The molecule has 23 heavy (non-hydrogen) atoms. The van der Waals surface area contributed by atoms with Crippen molar-refractivity contribution in [3.05, 3.63) is 29.4 Å². The van der Waals surface area contributed by atoms with E-state index in [1.807, 2.05) is 13.1 Å². The van der Waals surface area contributed by atoms with Crippen molar-refractivity contribution in [3.8, 4) is 0 Å². The summed E-state index contributed by atoms with van der Waals surface area (Å²) in [6, 6.07) is 0. The summed E-state index contributed by atoms with van der Waals surface area (Å²) in [5.41, 5.74) is 0.784. The summed E-state index contributed by atoms with van der Waals surface area (Å²) in [4.78, 5) is 8.70. The molecule has 0 unspecified atom stereocenters. The van der Waals surface area contributed by atoms with Gasteiger partial charge in [0.15, 0.2) is 10.8 Å². The van der Waals surface area contributed by atoms with Crippen molar-refractivity contribution in [2.75, 3.05) is 0 Å². The van der Waals surface area contributed by atoms with Gasteiger partial charge < -0.3 is 4.57 Å². The van der Waals surface area contributed by atoms with Crippen LogP contribution in [-0.2, 0) is 13.6 Å². The van der Waals surface area contributed by atoms with Gasteiger partial charge >= 0.3 is 0 Å². The summed E-state index contributed by atoms with van der Waals surface area (Å²) in [5.74, 6) is 1.58. The van der Waals surface area contributed by atoms with E-state index in [1.165, 1.54) is 24.6 Å². The Labute approximate surface area is 145 Å². The Morgan fingerprint density at radius 3 is 2.96 bits per heavy atom. The third-order valence-electron chi connectivity index (χ3n) is 3.73. The molecule has 0 radical (unpaired) electrons. The zero-order valence-corrected chi connectivity index (χ0v) is 14.9. The van der Waals surface area contributed by atoms with Gasteiger partial charge in [-0.2, -0.15) is 5.10 Å². The van der Waals surface area contributed by atoms with Crippen molar-refractivity contribution in [1.82, 2.24) is 34.5 Å². The van der Waals surface area contributed by atoms with Gasteiger partial charge in [0.2, 0.25) is 0 Å². The van der Waals surface area contributed by atoms with Gasteiger partial charge in [0, 0.05) is 19.5 Å². The van der Waals surface area contributed by atoms with Gasteiger partial charge in [-0.25, -0.2) is 14.6 Å². The van der Waals surface area contributed by atoms with Crippen LogP contribution in [0.1, 0.15) is 24.6 Å². The first-order chi connectivity index (χ1) is 11.2. The lowest BCUT2D eigenvalue weighted by atomic mass is 10.4. The summed E-state index contributed by atoms with van der Waals surface area (Å²) >= 11 is 4.97. The SMILES string of the molecule is C=CCn1c(Sc2ncnc3c2c(Br)nn3C)nnc1C1CC1. The lowest BCUT2D eigenvalue weighted by Crippen LogP contribution is -2.03. The van der Waals surface area contributed by atoms with E-state index >= 15 is 0 Å². The maximum Gasteiger partial charge on any atom is 0.197 e. The van der Waals surface area contributed by atoms with E-state index in [4.69, 9.17) is 0 Å². The van der Waals surface area contributed by atoms with Crippen molar-refractivity contribution in [2.24, 2.45) is 7.05 Å². The Hall–Kier alpha value is -1.74. The van der Waals surface area contributed by atoms with Crippen molar-refractivity contribution in [3.63, 3.8) is 0 Å². The van der Waals surface area contributed by atoms with E-state index in [-0.39, 0.29) is 0 Å². The van der Waals surface area contributed by atoms with Gasteiger partial charge in [0.25, 0.3) is 0 Å². The van der Waals surface area contributed by atoms with E-state index in [9.17, 15) is 0 Å². The van der Waals surface area contributed by atoms with Crippen LogP contribution in [-0.4, -0.2) is 34.5 Å². The van der Waals surface area contributed by atoms with Crippen LogP contribution in [0.3, 0.4) is 0 Å². The van der Waals surface area contributed by atoms with Crippen LogP contribution < -0.4 is 0 Å². The van der Waals surface area contributed by atoms with Crippen molar-refractivity contribution >= 4 is 38.7 Å². The van der Waals surface area contributed by atoms with Crippen LogP contribution >= 0.6 is 27.7 Å². The molecule has 3 heterocycles. The molecule has 118 valence electrons. The number of aryl methyl sites for hydroxylation is 1. The predicted octanol–water partition coefficient (Wildman–Crippen LogP) is 2.93. The van der Waals surface area contributed by atoms with E-state index in [1.54, 1.807) is 11.0 Å². The lowest BCUT2D eigenvalue weighted by molar-refractivity contribution is 0.681. The molecule has 0 atom stereocenters. The Kier molecular flexibility index (Phi) is 3.68. The quantitative estimate of drug-likeness (QED) is 0.491. The average Bonchev–Trinajstić information content (AvgIpc) is 3.24. The largest absolute Gasteiger partial charge is 0.302 e. The average molecular weight is 392 g/mol. The Bertz CT molecular complexity index is 896. The van der Waals surface area contributed by atoms with Crippen LogP contribution in [0.25, 0.3) is 11.0 Å². The highest BCUT2D eigenvalue weighted by molar-refractivity contribution is 9.10. The fourth-order valence-corrected chi connectivity index (χ4v) is 4.16. The minimum atomic E-state index is 0.535. The topological polar surface area (TPSA) is 74.3 Å². The second-order valence-electron chi connectivity index (χ2n) is 5.41. The fraction of sp³-hybridized carbons (Fsp3) is 0.357. The van der Waals surface area contributed by atoms with Gasteiger partial charge in [-0.05, 0) is 40.5 Å². The molecule has 1 aliphatic carbocycles. The third-order valence-corrected chi connectivity index (χ3v) is 5.27. The van der Waals surface area contributed by atoms with Gasteiger partial charge in [-0.1, -0.05) is 6.08 Å². The number of aromatic nitrogens is 7. The van der Waals surface area contributed by atoms with E-state index in [0.717, 1.165) is 31.6 Å². The molecule has 0 aromatic carbocycles. The Balaban J connectivity index is 1.78. The van der Waals surface area contributed by atoms with Crippen LogP contribution in [0.15, 0.2) is 33.8 Å². The van der Waals surface area contributed by atoms with Crippen molar-refractivity contribution < 1.29 is 0 Å². The minimum absolute atomic E-state index is 0.535. The molecule has 0 spiro atoms. The highest BCUT2D eigenvalue weighted by Gasteiger charge is 2.30. The fourth-order valence-electron chi connectivity index (χ4n) is 2.50. The summed E-state index contributed by atoms with van der Waals surface area (Å²) in [5, 5.41) is 15.6. The highest BCUT2D eigenvalue weighted by Crippen LogP contribution is 2.41. The van der Waals surface area contributed by atoms with Gasteiger partial charge in [-0.15, -0.1) is 16.8 Å². The first-order valence-electron chi connectivity index (χ1n) is 7.24. The number of fused-ring (bicyclic) bond motifs is 1. The van der Waals surface area contributed by atoms with Crippen molar-refractivity contribution in [1.29, 1.82) is 0 Å². The second kappa shape index (κ2) is 5.72. The third kappa shape index (κ3) is 2.57. The summed E-state index contributed by atoms with van der Waals surface area (Å²) in [7, 11) is 1.86. The van der Waals surface area contributed by atoms with Gasteiger partial charge in [0.1, 0.15) is 21.8 Å². The molecule has 1 fully saturated rings. The number of hydrogen-bond acceptors (Lipinski definition) is 6. The molecule has 0 saturated heterocycles. The maximum absolute atomic E-state index is 4.41. The van der Waals surface area contributed by atoms with Crippen molar-refractivity contribution in [2.45, 2.75) is 35.5 Å². The van der Waals surface area contributed by atoms with Crippen LogP contribution in [0, 0.1) is 0 Å². The predicted molar refractivity (Wildman–Crippen MR) is 90.3 cm³/mol. The summed E-state index contributed by atoms with van der Waals surface area (Å²) in [6.07, 6.45) is 5.79. The van der Waals surface area contributed by atoms with E-state index < -0.39 is 0 Å². The lowest BCUT2D eigenvalue weighted by Gasteiger charge is -2.06. The van der Waals surface area contributed by atoms with Crippen LogP contribution in [0.5, 0.6) is 0 Å². The van der Waals surface area contributed by atoms with Crippen LogP contribution in [0.4, 0.5) is 0 Å². The van der Waals surface area contributed by atoms with Crippen LogP contribution in [0.2, 0.25) is 0 Å². The first kappa shape index (κ1) is 14.8. The molecule has 0 amide bonds. The summed E-state index contributed by atoms with van der Waals surface area (Å²) in [6.45, 7) is 4.54. The Morgan fingerprint density at radius 1 is 1.39 bits per heavy atom. The molecule has 4 rings (SSSR count). The number of rotatable bonds is 5. The maximum atomic E-state index is 4.41. The van der Waals surface area contributed by atoms with E-state index in [2.05, 4.69) is 52.3 Å². The number of allylic oxidation sites excluding steroid dienone is 1. The zero-order valence-electron chi connectivity index (χ0n) is 12.5. The summed E-state index contributed by atoms with van der Waals surface area (Å²) < 4.78 is 4.58. The Morgan fingerprint density at radius 2 is 2.22 bits per heavy atom. The monoisotopic (exact) mass is 391 g/mol. The minimum Gasteiger partial charge on any atom is -0.302 e. The molecule has 3 aromatic heterocycles. The standard InChI is InChI=1S/C14H14BrN7S/c1-3-6-22-11(8-4-5-8)18-19-14(22)23-13-9-10(15)20-21(2)12(9)16-7-17-13/h3,7-8H,1,4-6H2,2H3. The van der Waals surface area contributed by atoms with Gasteiger partial charge in [-0.3, -0.25) is 0 Å². The number of nitrogens with zero attached hydrogens (tertiary/aromatic N) is 7. The first-order valence-corrected chi connectivity index (χ1v) is 8.85. The highest BCUT2D eigenvalue weighted by atomic mass is 79.9. The number of halogens is 1. The molecule has 1 saturated carbocycles. The molecular weight excluding hydrogens is 378 g/mol. The molecule has 3 aromatic rings. The molecule has 1 aliphatic rings. The zero-order chi connectivity index (χ0) is 16.0. The van der Waals surface area contributed by atoms with Gasteiger partial charge in [0.05, 0.1) is 5.39 Å². The molecule has 0 N–H and O–H groups in total. The molecule has 0 bridgehead atoms. The number of hydrogen-bond donors (Lipinski definition) is 0. The molecule has 7 nitrogen and oxygen atoms in total. The molecule has 9 heteroatoms. The van der Waals surface area contributed by atoms with E-state index in [0.29, 0.717) is 12.5 Å².